The number of rotatable bonds is 9. The van der Waals surface area contributed by atoms with Crippen molar-refractivity contribution in [2.24, 2.45) is 5.73 Å². The van der Waals surface area contributed by atoms with E-state index in [4.69, 9.17) is 10.5 Å². The lowest BCUT2D eigenvalue weighted by atomic mass is 10.2. The maximum absolute atomic E-state index is 11.9. The van der Waals surface area contributed by atoms with Crippen LogP contribution >= 0.6 is 0 Å². The van der Waals surface area contributed by atoms with E-state index in [-0.39, 0.29) is 6.04 Å². The molecule has 3 N–H and O–H groups in total. The molecule has 0 heterocycles. The maximum Gasteiger partial charge on any atom is 0.279 e. The average Bonchev–Trinajstić information content (AvgIpc) is 2.19. The van der Waals surface area contributed by atoms with E-state index in [2.05, 4.69) is 4.72 Å². The summed E-state index contributed by atoms with van der Waals surface area (Å²) in [6, 6.07) is -0.263. The Bertz CT molecular complexity index is 259. The molecule has 7 heteroatoms. The van der Waals surface area contributed by atoms with Crippen molar-refractivity contribution in [3.63, 3.8) is 0 Å². The highest BCUT2D eigenvalue weighted by Gasteiger charge is 2.22. The van der Waals surface area contributed by atoms with Crippen LogP contribution in [0.4, 0.5) is 0 Å². The Morgan fingerprint density at radius 2 is 1.94 bits per heavy atom. The molecule has 1 unspecified atom stereocenters. The zero-order valence-corrected chi connectivity index (χ0v) is 11.1. The van der Waals surface area contributed by atoms with Gasteiger partial charge in [0.05, 0.1) is 6.61 Å². The Morgan fingerprint density at radius 3 is 2.31 bits per heavy atom. The third kappa shape index (κ3) is 5.22. The van der Waals surface area contributed by atoms with Gasteiger partial charge in [-0.3, -0.25) is 0 Å². The van der Waals surface area contributed by atoms with Gasteiger partial charge in [0.1, 0.15) is 0 Å². The summed E-state index contributed by atoms with van der Waals surface area (Å²) in [5, 5.41) is 0. The first-order chi connectivity index (χ1) is 7.51. The van der Waals surface area contributed by atoms with E-state index in [0.29, 0.717) is 32.7 Å². The van der Waals surface area contributed by atoms with E-state index in [0.717, 1.165) is 0 Å². The minimum absolute atomic E-state index is 0.263. The molecule has 1 atom stereocenters. The molecule has 0 aromatic heterocycles. The smallest absolute Gasteiger partial charge is 0.279 e. The number of methoxy groups -OCH3 is 1. The molecule has 0 aromatic rings. The monoisotopic (exact) mass is 253 g/mol. The van der Waals surface area contributed by atoms with Gasteiger partial charge in [-0.15, -0.1) is 0 Å². The second kappa shape index (κ2) is 7.97. The quantitative estimate of drug-likeness (QED) is 0.581. The van der Waals surface area contributed by atoms with E-state index >= 15 is 0 Å². The molecule has 0 aliphatic heterocycles. The molecule has 0 aromatic carbocycles. The zero-order chi connectivity index (χ0) is 12.6. The van der Waals surface area contributed by atoms with Gasteiger partial charge in [0.15, 0.2) is 0 Å². The Hall–Kier alpha value is -0.210. The first-order valence-electron chi connectivity index (χ1n) is 5.48. The second-order valence-corrected chi connectivity index (χ2v) is 5.14. The predicted molar refractivity (Wildman–Crippen MR) is 64.3 cm³/mol. The fourth-order valence-corrected chi connectivity index (χ4v) is 2.86. The van der Waals surface area contributed by atoms with Crippen molar-refractivity contribution in [1.29, 1.82) is 0 Å². The van der Waals surface area contributed by atoms with Crippen LogP contribution in [0.1, 0.15) is 20.3 Å². The molecule has 0 amide bonds. The molecule has 0 aliphatic carbocycles. The summed E-state index contributed by atoms with van der Waals surface area (Å²) in [6.45, 7) is 5.27. The highest BCUT2D eigenvalue weighted by molar-refractivity contribution is 7.87. The number of hydrogen-bond acceptors (Lipinski definition) is 4. The second-order valence-electron chi connectivity index (χ2n) is 3.44. The van der Waals surface area contributed by atoms with Crippen molar-refractivity contribution in [2.45, 2.75) is 26.3 Å². The molecule has 0 saturated carbocycles. The summed E-state index contributed by atoms with van der Waals surface area (Å²) < 4.78 is 32.6. The van der Waals surface area contributed by atoms with Crippen LogP contribution in [0.2, 0.25) is 0 Å². The molecule has 0 aliphatic rings. The molecular formula is C9H23N3O3S. The summed E-state index contributed by atoms with van der Waals surface area (Å²) in [5.74, 6) is 0. The van der Waals surface area contributed by atoms with Crippen LogP contribution in [0, 0.1) is 0 Å². The first-order valence-corrected chi connectivity index (χ1v) is 6.92. The largest absolute Gasteiger partial charge is 0.383 e. The third-order valence-electron chi connectivity index (χ3n) is 2.24. The number of nitrogens with two attached hydrogens (primary N) is 1. The van der Waals surface area contributed by atoms with Crippen LogP contribution in [0.5, 0.6) is 0 Å². The van der Waals surface area contributed by atoms with Crippen LogP contribution in [-0.4, -0.2) is 52.1 Å². The van der Waals surface area contributed by atoms with Crippen LogP contribution in [0.25, 0.3) is 0 Å². The Labute approximate surface area is 98.3 Å². The van der Waals surface area contributed by atoms with Gasteiger partial charge in [-0.1, -0.05) is 13.8 Å². The lowest BCUT2D eigenvalue weighted by Gasteiger charge is -2.23. The molecule has 6 nitrogen and oxygen atoms in total. The SMILES string of the molecule is CCN(CC)S(=O)(=O)NC(CCN)COC. The van der Waals surface area contributed by atoms with Gasteiger partial charge in [0.2, 0.25) is 0 Å². The van der Waals surface area contributed by atoms with Crippen LogP contribution in [0.15, 0.2) is 0 Å². The molecule has 0 saturated heterocycles. The molecular weight excluding hydrogens is 230 g/mol. The van der Waals surface area contributed by atoms with Crippen molar-refractivity contribution in [1.82, 2.24) is 9.03 Å². The fourth-order valence-electron chi connectivity index (χ4n) is 1.43. The highest BCUT2D eigenvalue weighted by atomic mass is 32.2. The number of nitrogens with one attached hydrogen (secondary N) is 1. The minimum Gasteiger partial charge on any atom is -0.383 e. The predicted octanol–water partition coefficient (Wildman–Crippen LogP) is -0.474. The number of ether oxygens (including phenoxy) is 1. The standard InChI is InChI=1S/C9H23N3O3S/c1-4-12(5-2)16(13,14)11-9(6-7-10)8-15-3/h9,11H,4-8,10H2,1-3H3. The van der Waals surface area contributed by atoms with Gasteiger partial charge in [0, 0.05) is 26.2 Å². The van der Waals surface area contributed by atoms with E-state index in [1.165, 1.54) is 11.4 Å². The summed E-state index contributed by atoms with van der Waals surface area (Å²) in [6.07, 6.45) is 0.564. The van der Waals surface area contributed by atoms with Crippen LogP contribution in [-0.2, 0) is 14.9 Å². The molecule has 0 rings (SSSR count). The summed E-state index contributed by atoms with van der Waals surface area (Å²) in [7, 11) is -1.88. The maximum atomic E-state index is 11.9. The Morgan fingerprint density at radius 1 is 1.38 bits per heavy atom. The van der Waals surface area contributed by atoms with E-state index in [1.807, 2.05) is 0 Å². The molecule has 16 heavy (non-hydrogen) atoms. The average molecular weight is 253 g/mol. The van der Waals surface area contributed by atoms with Crippen molar-refractivity contribution in [3.05, 3.63) is 0 Å². The van der Waals surface area contributed by atoms with Gasteiger partial charge in [-0.25, -0.2) is 0 Å². The lowest BCUT2D eigenvalue weighted by Crippen LogP contribution is -2.47. The van der Waals surface area contributed by atoms with E-state index in [1.54, 1.807) is 13.8 Å². The summed E-state index contributed by atoms with van der Waals surface area (Å²) in [5.41, 5.74) is 5.42. The van der Waals surface area contributed by atoms with Crippen molar-refractivity contribution in [2.75, 3.05) is 33.4 Å². The summed E-state index contributed by atoms with van der Waals surface area (Å²) in [4.78, 5) is 0. The van der Waals surface area contributed by atoms with Gasteiger partial charge in [-0.05, 0) is 13.0 Å². The lowest BCUT2D eigenvalue weighted by molar-refractivity contribution is 0.171. The Kier molecular flexibility index (Phi) is 7.86. The summed E-state index contributed by atoms with van der Waals surface area (Å²) >= 11 is 0. The topological polar surface area (TPSA) is 84.7 Å². The van der Waals surface area contributed by atoms with Gasteiger partial charge >= 0.3 is 0 Å². The molecule has 98 valence electrons. The number of hydrogen-bond donors (Lipinski definition) is 2. The van der Waals surface area contributed by atoms with E-state index in [9.17, 15) is 8.42 Å². The first kappa shape index (κ1) is 15.8. The molecule has 0 radical (unpaired) electrons. The third-order valence-corrected chi connectivity index (χ3v) is 4.07. The minimum atomic E-state index is -3.42. The molecule has 0 spiro atoms. The molecule has 0 fully saturated rings. The van der Waals surface area contributed by atoms with Crippen LogP contribution < -0.4 is 10.5 Å². The van der Waals surface area contributed by atoms with Crippen LogP contribution in [0.3, 0.4) is 0 Å². The van der Waals surface area contributed by atoms with Gasteiger partial charge < -0.3 is 10.5 Å². The molecule has 0 bridgehead atoms. The zero-order valence-electron chi connectivity index (χ0n) is 10.3. The van der Waals surface area contributed by atoms with Gasteiger partial charge in [0.25, 0.3) is 10.2 Å². The normalized spacial score (nSPS) is 14.3. The number of nitrogens with zero attached hydrogens (tertiary/aromatic N) is 1. The van der Waals surface area contributed by atoms with Gasteiger partial charge in [-0.2, -0.15) is 17.4 Å². The Balaban J connectivity index is 4.51. The van der Waals surface area contributed by atoms with Crippen molar-refractivity contribution < 1.29 is 13.2 Å². The van der Waals surface area contributed by atoms with Crippen molar-refractivity contribution in [3.8, 4) is 0 Å². The fraction of sp³-hybridized carbons (Fsp3) is 1.00. The van der Waals surface area contributed by atoms with Crippen molar-refractivity contribution >= 4 is 10.2 Å². The van der Waals surface area contributed by atoms with E-state index < -0.39 is 10.2 Å². The highest BCUT2D eigenvalue weighted by Crippen LogP contribution is 2.01.